The summed E-state index contributed by atoms with van der Waals surface area (Å²) >= 11 is 0. The van der Waals surface area contributed by atoms with Crippen molar-refractivity contribution in [1.29, 1.82) is 0 Å². The highest BCUT2D eigenvalue weighted by molar-refractivity contribution is 7.89. The second kappa shape index (κ2) is 8.38. The van der Waals surface area contributed by atoms with Crippen LogP contribution in [0.1, 0.15) is 51.9 Å². The summed E-state index contributed by atoms with van der Waals surface area (Å²) < 4.78 is 32.3. The minimum absolute atomic E-state index is 0.169. The Morgan fingerprint density at radius 2 is 1.76 bits per heavy atom. The van der Waals surface area contributed by atoms with Crippen LogP contribution in [0.15, 0.2) is 29.2 Å². The van der Waals surface area contributed by atoms with Crippen LogP contribution in [0.5, 0.6) is 0 Å². The molecule has 2 heterocycles. The van der Waals surface area contributed by atoms with Crippen LogP contribution in [-0.2, 0) is 14.8 Å². The Bertz CT molecular complexity index is 1020. The Morgan fingerprint density at radius 3 is 2.34 bits per heavy atom. The number of rotatable bonds is 6. The fourth-order valence-corrected chi connectivity index (χ4v) is 5.43. The molecule has 8 nitrogen and oxygen atoms in total. The first-order valence-electron chi connectivity index (χ1n) is 9.53. The third-order valence-corrected chi connectivity index (χ3v) is 7.09. The number of hydrogen-bond donors (Lipinski definition) is 2. The van der Waals surface area contributed by atoms with E-state index < -0.39 is 21.9 Å². The molecule has 0 spiro atoms. The first-order chi connectivity index (χ1) is 13.8. The van der Waals surface area contributed by atoms with Gasteiger partial charge >= 0.3 is 5.97 Å². The summed E-state index contributed by atoms with van der Waals surface area (Å²) in [6, 6.07) is 6.31. The smallest absolute Gasteiger partial charge is 0.338 e. The van der Waals surface area contributed by atoms with Gasteiger partial charge in [0.05, 0.1) is 12.2 Å². The predicted octanol–water partition coefficient (Wildman–Crippen LogP) is 2.85. The number of sulfonamides is 1. The van der Waals surface area contributed by atoms with Crippen molar-refractivity contribution in [3.8, 4) is 0 Å². The molecule has 1 saturated heterocycles. The van der Waals surface area contributed by atoms with Gasteiger partial charge in [-0.15, -0.1) is 0 Å². The molecule has 1 aromatic carbocycles. The molecule has 0 unspecified atom stereocenters. The molecule has 0 aliphatic carbocycles. The molecule has 156 valence electrons. The first kappa shape index (κ1) is 21.1. The van der Waals surface area contributed by atoms with Crippen LogP contribution in [0.4, 0.5) is 5.69 Å². The van der Waals surface area contributed by atoms with Crippen LogP contribution in [-0.4, -0.2) is 49.3 Å². The van der Waals surface area contributed by atoms with E-state index in [-0.39, 0.29) is 17.2 Å². The molecule has 1 aliphatic rings. The molecule has 0 saturated carbocycles. The standard InChI is InChI=1S/C20H25N3O5S/c1-4-28-20(25)15-7-9-16(10-8-15)22-19(24)17-13(2)18(14(3)21-17)29(26,27)23-11-5-6-12-23/h7-10,21H,4-6,11-12H2,1-3H3,(H,22,24). The fraction of sp³-hybridized carbons (Fsp3) is 0.400. The number of carbonyl (C=O) groups is 2. The van der Waals surface area contributed by atoms with E-state index in [1.165, 1.54) is 4.31 Å². The normalized spacial score (nSPS) is 14.7. The average molecular weight is 420 g/mol. The van der Waals surface area contributed by atoms with E-state index in [0.29, 0.717) is 35.6 Å². The second-order valence-corrected chi connectivity index (χ2v) is 8.82. The van der Waals surface area contributed by atoms with Crippen molar-refractivity contribution in [2.24, 2.45) is 0 Å². The van der Waals surface area contributed by atoms with Gasteiger partial charge in [0.25, 0.3) is 5.91 Å². The van der Waals surface area contributed by atoms with Gasteiger partial charge in [-0.05, 0) is 63.4 Å². The lowest BCUT2D eigenvalue weighted by Crippen LogP contribution is -2.28. The minimum Gasteiger partial charge on any atom is -0.462 e. The molecule has 1 amide bonds. The third kappa shape index (κ3) is 4.20. The van der Waals surface area contributed by atoms with Gasteiger partial charge in [0, 0.05) is 24.5 Å². The Morgan fingerprint density at radius 1 is 1.14 bits per heavy atom. The first-order valence-corrected chi connectivity index (χ1v) is 11.0. The van der Waals surface area contributed by atoms with Gasteiger partial charge in [0.1, 0.15) is 10.6 Å². The van der Waals surface area contributed by atoms with Crippen LogP contribution < -0.4 is 5.32 Å². The lowest BCUT2D eigenvalue weighted by Gasteiger charge is -2.16. The van der Waals surface area contributed by atoms with E-state index in [2.05, 4.69) is 10.3 Å². The summed E-state index contributed by atoms with van der Waals surface area (Å²) in [5, 5.41) is 2.73. The summed E-state index contributed by atoms with van der Waals surface area (Å²) in [5.41, 5.74) is 1.91. The van der Waals surface area contributed by atoms with Crippen molar-refractivity contribution in [2.75, 3.05) is 25.0 Å². The molecular weight excluding hydrogens is 394 g/mol. The van der Waals surface area contributed by atoms with E-state index in [1.54, 1.807) is 45.0 Å². The van der Waals surface area contributed by atoms with Crippen molar-refractivity contribution in [3.63, 3.8) is 0 Å². The average Bonchev–Trinajstić information content (AvgIpc) is 3.31. The van der Waals surface area contributed by atoms with Crippen molar-refractivity contribution < 1.29 is 22.7 Å². The molecule has 0 atom stereocenters. The SMILES string of the molecule is CCOC(=O)c1ccc(NC(=O)c2[nH]c(C)c(S(=O)(=O)N3CCCC3)c2C)cc1. The highest BCUT2D eigenvalue weighted by atomic mass is 32.2. The topological polar surface area (TPSA) is 109 Å². The summed E-state index contributed by atoms with van der Waals surface area (Å²) in [6.07, 6.45) is 1.69. The molecule has 0 radical (unpaired) electrons. The lowest BCUT2D eigenvalue weighted by molar-refractivity contribution is 0.0526. The van der Waals surface area contributed by atoms with E-state index in [4.69, 9.17) is 4.74 Å². The zero-order valence-corrected chi connectivity index (χ0v) is 17.6. The third-order valence-electron chi connectivity index (χ3n) is 4.91. The van der Waals surface area contributed by atoms with Gasteiger partial charge in [0.15, 0.2) is 0 Å². The number of aryl methyl sites for hydroxylation is 1. The monoisotopic (exact) mass is 419 g/mol. The van der Waals surface area contributed by atoms with Crippen LogP contribution in [0.25, 0.3) is 0 Å². The molecule has 3 rings (SSSR count). The highest BCUT2D eigenvalue weighted by Crippen LogP contribution is 2.29. The number of carbonyl (C=O) groups excluding carboxylic acids is 2. The Labute approximate surface area is 170 Å². The number of aromatic nitrogens is 1. The van der Waals surface area contributed by atoms with E-state index in [1.807, 2.05) is 0 Å². The fourth-order valence-electron chi connectivity index (χ4n) is 3.50. The number of esters is 1. The number of aromatic amines is 1. The largest absolute Gasteiger partial charge is 0.462 e. The maximum atomic E-state index is 13.0. The van der Waals surface area contributed by atoms with Gasteiger partial charge in [-0.1, -0.05) is 0 Å². The van der Waals surface area contributed by atoms with Crippen molar-refractivity contribution >= 4 is 27.6 Å². The zero-order valence-electron chi connectivity index (χ0n) is 16.7. The van der Waals surface area contributed by atoms with Crippen LogP contribution in [0.2, 0.25) is 0 Å². The Balaban J connectivity index is 1.81. The molecule has 2 N–H and O–H groups in total. The van der Waals surface area contributed by atoms with Gasteiger partial charge in [-0.3, -0.25) is 4.79 Å². The maximum Gasteiger partial charge on any atom is 0.338 e. The summed E-state index contributed by atoms with van der Waals surface area (Å²) in [6.45, 7) is 6.30. The molecule has 9 heteroatoms. The van der Waals surface area contributed by atoms with Crippen LogP contribution >= 0.6 is 0 Å². The van der Waals surface area contributed by atoms with Gasteiger partial charge in [-0.2, -0.15) is 4.31 Å². The number of ether oxygens (including phenoxy) is 1. The van der Waals surface area contributed by atoms with Gasteiger partial charge in [-0.25, -0.2) is 13.2 Å². The Kier molecular flexibility index (Phi) is 6.09. The second-order valence-electron chi connectivity index (χ2n) is 6.94. The maximum absolute atomic E-state index is 13.0. The Hall–Kier alpha value is -2.65. The summed E-state index contributed by atoms with van der Waals surface area (Å²) in [7, 11) is -3.64. The molecule has 29 heavy (non-hydrogen) atoms. The van der Waals surface area contributed by atoms with E-state index in [9.17, 15) is 18.0 Å². The summed E-state index contributed by atoms with van der Waals surface area (Å²) in [4.78, 5) is 27.5. The molecule has 1 fully saturated rings. The van der Waals surface area contributed by atoms with Crippen molar-refractivity contribution in [1.82, 2.24) is 9.29 Å². The number of anilines is 1. The quantitative estimate of drug-likeness (QED) is 0.700. The number of nitrogens with one attached hydrogen (secondary N) is 2. The van der Waals surface area contributed by atoms with Crippen molar-refractivity contribution in [2.45, 2.75) is 38.5 Å². The molecule has 1 aliphatic heterocycles. The molecule has 0 bridgehead atoms. The number of hydrogen-bond acceptors (Lipinski definition) is 5. The van der Waals surface area contributed by atoms with Crippen molar-refractivity contribution in [3.05, 3.63) is 46.8 Å². The number of amides is 1. The minimum atomic E-state index is -3.64. The predicted molar refractivity (Wildman–Crippen MR) is 109 cm³/mol. The van der Waals surface area contributed by atoms with Crippen LogP contribution in [0, 0.1) is 13.8 Å². The van der Waals surface area contributed by atoms with Crippen LogP contribution in [0.3, 0.4) is 0 Å². The molecule has 1 aromatic heterocycles. The molecule has 2 aromatic rings. The van der Waals surface area contributed by atoms with Gasteiger partial charge in [0.2, 0.25) is 10.0 Å². The summed E-state index contributed by atoms with van der Waals surface area (Å²) in [5.74, 6) is -0.879. The lowest BCUT2D eigenvalue weighted by atomic mass is 10.2. The number of nitrogens with zero attached hydrogens (tertiary/aromatic N) is 1. The van der Waals surface area contributed by atoms with Gasteiger partial charge < -0.3 is 15.0 Å². The number of H-pyrrole nitrogens is 1. The van der Waals surface area contributed by atoms with E-state index >= 15 is 0 Å². The molecular formula is C20H25N3O5S. The van der Waals surface area contributed by atoms with E-state index in [0.717, 1.165) is 12.8 Å². The number of benzene rings is 1. The zero-order chi connectivity index (χ0) is 21.2. The highest BCUT2D eigenvalue weighted by Gasteiger charge is 2.33.